The summed E-state index contributed by atoms with van der Waals surface area (Å²) in [5, 5.41) is 2.94. The first-order chi connectivity index (χ1) is 12.0. The molecule has 0 aliphatic carbocycles. The lowest BCUT2D eigenvalue weighted by atomic mass is 9.96. The minimum Gasteiger partial charge on any atom is -0.385 e. The van der Waals surface area contributed by atoms with Gasteiger partial charge in [-0.05, 0) is 26.2 Å². The highest BCUT2D eigenvalue weighted by Crippen LogP contribution is 2.22. The number of anilines is 1. The van der Waals surface area contributed by atoms with E-state index in [1.807, 2.05) is 11.8 Å². The maximum absolute atomic E-state index is 12.3. The molecule has 1 saturated heterocycles. The molecule has 1 aliphatic heterocycles. The zero-order chi connectivity index (χ0) is 18.4. The summed E-state index contributed by atoms with van der Waals surface area (Å²) >= 11 is 0. The van der Waals surface area contributed by atoms with E-state index in [1.165, 1.54) is 13.1 Å². The Morgan fingerprint density at radius 2 is 2.00 bits per heavy atom. The fourth-order valence-corrected chi connectivity index (χ4v) is 3.16. The summed E-state index contributed by atoms with van der Waals surface area (Å²) < 4.78 is 7.69. The Labute approximate surface area is 147 Å². The van der Waals surface area contributed by atoms with Crippen LogP contribution in [-0.2, 0) is 23.1 Å². The van der Waals surface area contributed by atoms with Crippen LogP contribution in [0.15, 0.2) is 15.7 Å². The molecule has 1 aliphatic rings. The standard InChI is InChI=1S/C17H28N4O4/c1-4-21-14(12-15(22)19(2)17(21)24)20-9-6-13(7-10-20)16(23)18-8-5-11-25-3/h12-13H,4-11H2,1-3H3,(H,18,23). The van der Waals surface area contributed by atoms with Crippen LogP contribution < -0.4 is 21.5 Å². The Bertz CT molecular complexity index is 702. The summed E-state index contributed by atoms with van der Waals surface area (Å²) in [5.74, 6) is 0.703. The average molecular weight is 352 g/mol. The van der Waals surface area contributed by atoms with Crippen LogP contribution in [0.5, 0.6) is 0 Å². The maximum Gasteiger partial charge on any atom is 0.332 e. The molecule has 0 unspecified atom stereocenters. The van der Waals surface area contributed by atoms with Gasteiger partial charge in [0.25, 0.3) is 5.56 Å². The highest BCUT2D eigenvalue weighted by atomic mass is 16.5. The van der Waals surface area contributed by atoms with Crippen molar-refractivity contribution in [3.8, 4) is 0 Å². The van der Waals surface area contributed by atoms with E-state index in [2.05, 4.69) is 5.32 Å². The van der Waals surface area contributed by atoms with Crippen molar-refractivity contribution in [2.75, 3.05) is 38.3 Å². The number of carbonyl (C=O) groups is 1. The fraction of sp³-hybridized carbons (Fsp3) is 0.706. The molecule has 1 aromatic rings. The zero-order valence-corrected chi connectivity index (χ0v) is 15.3. The van der Waals surface area contributed by atoms with E-state index < -0.39 is 0 Å². The summed E-state index contributed by atoms with van der Waals surface area (Å²) in [6.07, 6.45) is 2.23. The highest BCUT2D eigenvalue weighted by Gasteiger charge is 2.26. The predicted molar refractivity (Wildman–Crippen MR) is 96.1 cm³/mol. The van der Waals surface area contributed by atoms with Crippen LogP contribution in [0.4, 0.5) is 5.82 Å². The van der Waals surface area contributed by atoms with Gasteiger partial charge in [-0.2, -0.15) is 0 Å². The number of carbonyl (C=O) groups excluding carboxylic acids is 1. The Kier molecular flexibility index (Phi) is 6.81. The highest BCUT2D eigenvalue weighted by molar-refractivity contribution is 5.78. The molecule has 25 heavy (non-hydrogen) atoms. The van der Waals surface area contributed by atoms with Gasteiger partial charge in [0.1, 0.15) is 5.82 Å². The van der Waals surface area contributed by atoms with E-state index in [1.54, 1.807) is 11.7 Å². The first kappa shape index (κ1) is 19.2. The third-order valence-corrected chi connectivity index (χ3v) is 4.71. The molecular formula is C17H28N4O4. The summed E-state index contributed by atoms with van der Waals surface area (Å²) in [6.45, 7) is 4.95. The number of amides is 1. The molecule has 8 nitrogen and oxygen atoms in total. The van der Waals surface area contributed by atoms with Crippen LogP contribution in [0.1, 0.15) is 26.2 Å². The molecule has 1 N–H and O–H groups in total. The number of methoxy groups -OCH3 is 1. The topological polar surface area (TPSA) is 85.6 Å². The van der Waals surface area contributed by atoms with Crippen molar-refractivity contribution in [3.63, 3.8) is 0 Å². The van der Waals surface area contributed by atoms with Crippen LogP contribution in [0.25, 0.3) is 0 Å². The second kappa shape index (κ2) is 8.84. The van der Waals surface area contributed by atoms with Crippen molar-refractivity contribution >= 4 is 11.7 Å². The number of ether oxygens (including phenoxy) is 1. The van der Waals surface area contributed by atoms with Gasteiger partial charge >= 0.3 is 5.69 Å². The van der Waals surface area contributed by atoms with E-state index in [-0.39, 0.29) is 23.1 Å². The molecule has 1 fully saturated rings. The summed E-state index contributed by atoms with van der Waals surface area (Å²) in [5.41, 5.74) is -0.606. The van der Waals surface area contributed by atoms with Crippen molar-refractivity contribution in [2.45, 2.75) is 32.7 Å². The van der Waals surface area contributed by atoms with Gasteiger partial charge in [0.15, 0.2) is 0 Å². The first-order valence-corrected chi connectivity index (χ1v) is 8.82. The lowest BCUT2D eigenvalue weighted by Crippen LogP contribution is -2.45. The zero-order valence-electron chi connectivity index (χ0n) is 15.3. The fourth-order valence-electron chi connectivity index (χ4n) is 3.16. The minimum atomic E-state index is -0.303. The smallest absolute Gasteiger partial charge is 0.332 e. The SMILES string of the molecule is CCn1c(N2CCC(C(=O)NCCCOC)CC2)cc(=O)n(C)c1=O. The Balaban J connectivity index is 2.00. The number of piperidine rings is 1. The summed E-state index contributed by atoms with van der Waals surface area (Å²) in [7, 11) is 3.13. The molecule has 2 heterocycles. The lowest BCUT2D eigenvalue weighted by molar-refractivity contribution is -0.125. The molecular weight excluding hydrogens is 324 g/mol. The van der Waals surface area contributed by atoms with Crippen LogP contribution in [0.2, 0.25) is 0 Å². The van der Waals surface area contributed by atoms with Gasteiger partial charge in [0.05, 0.1) is 0 Å². The van der Waals surface area contributed by atoms with Crippen LogP contribution >= 0.6 is 0 Å². The molecule has 0 atom stereocenters. The number of nitrogens with zero attached hydrogens (tertiary/aromatic N) is 3. The van der Waals surface area contributed by atoms with E-state index in [0.717, 1.165) is 11.0 Å². The average Bonchev–Trinajstić information content (AvgIpc) is 2.63. The van der Waals surface area contributed by atoms with Crippen LogP contribution in [0, 0.1) is 5.92 Å². The minimum absolute atomic E-state index is 0.0212. The Morgan fingerprint density at radius 3 is 2.60 bits per heavy atom. The summed E-state index contributed by atoms with van der Waals surface area (Å²) in [6, 6.07) is 1.51. The predicted octanol–water partition coefficient (Wildman–Crippen LogP) is -0.0640. The molecule has 0 radical (unpaired) electrons. The molecule has 0 aromatic carbocycles. The van der Waals surface area contributed by atoms with Gasteiger partial charge in [0, 0.05) is 58.9 Å². The van der Waals surface area contributed by atoms with E-state index in [9.17, 15) is 14.4 Å². The molecule has 0 spiro atoms. The van der Waals surface area contributed by atoms with Gasteiger partial charge < -0.3 is 15.0 Å². The van der Waals surface area contributed by atoms with Crippen molar-refractivity contribution in [2.24, 2.45) is 13.0 Å². The molecule has 1 amide bonds. The van der Waals surface area contributed by atoms with Gasteiger partial charge in [-0.1, -0.05) is 0 Å². The molecule has 0 bridgehead atoms. The van der Waals surface area contributed by atoms with Crippen LogP contribution in [0.3, 0.4) is 0 Å². The van der Waals surface area contributed by atoms with Crippen molar-refractivity contribution in [1.29, 1.82) is 0 Å². The maximum atomic E-state index is 12.3. The van der Waals surface area contributed by atoms with E-state index in [4.69, 9.17) is 4.74 Å². The number of nitrogens with one attached hydrogen (secondary N) is 1. The number of aromatic nitrogens is 2. The molecule has 8 heteroatoms. The second-order valence-corrected chi connectivity index (χ2v) is 6.33. The molecule has 1 aromatic heterocycles. The van der Waals surface area contributed by atoms with Gasteiger partial charge in [-0.15, -0.1) is 0 Å². The number of hydrogen-bond acceptors (Lipinski definition) is 5. The third-order valence-electron chi connectivity index (χ3n) is 4.71. The monoisotopic (exact) mass is 352 g/mol. The normalized spacial score (nSPS) is 15.4. The number of rotatable bonds is 7. The van der Waals surface area contributed by atoms with Crippen molar-refractivity contribution in [3.05, 3.63) is 26.9 Å². The molecule has 140 valence electrons. The van der Waals surface area contributed by atoms with E-state index >= 15 is 0 Å². The Hall–Kier alpha value is -2.09. The Morgan fingerprint density at radius 1 is 1.32 bits per heavy atom. The third kappa shape index (κ3) is 4.50. The second-order valence-electron chi connectivity index (χ2n) is 6.33. The van der Waals surface area contributed by atoms with Gasteiger partial charge in [0.2, 0.25) is 5.91 Å². The van der Waals surface area contributed by atoms with Crippen LogP contribution in [-0.4, -0.2) is 48.4 Å². The van der Waals surface area contributed by atoms with E-state index in [0.29, 0.717) is 51.4 Å². The lowest BCUT2D eigenvalue weighted by Gasteiger charge is -2.34. The quantitative estimate of drug-likeness (QED) is 0.695. The number of hydrogen-bond donors (Lipinski definition) is 1. The largest absolute Gasteiger partial charge is 0.385 e. The molecule has 2 rings (SSSR count). The van der Waals surface area contributed by atoms with Crippen molar-refractivity contribution < 1.29 is 9.53 Å². The first-order valence-electron chi connectivity index (χ1n) is 8.82. The summed E-state index contributed by atoms with van der Waals surface area (Å²) in [4.78, 5) is 38.4. The van der Waals surface area contributed by atoms with Gasteiger partial charge in [-0.3, -0.25) is 18.7 Å². The van der Waals surface area contributed by atoms with Crippen molar-refractivity contribution in [1.82, 2.24) is 14.5 Å². The van der Waals surface area contributed by atoms with Gasteiger partial charge in [-0.25, -0.2) is 4.79 Å². The molecule has 0 saturated carbocycles.